The number of hydrogen-bond acceptors (Lipinski definition) is 0. The minimum absolute atomic E-state index is 0.243. The lowest BCUT2D eigenvalue weighted by molar-refractivity contribution is 1.01. The standard InChI is InChI=1S/C24H17Cl/c25-15-17-14-13-16-7-1-2-8-18(16)23(17)24-21-11-5-3-9-19(21)20-10-4-6-12-22(20)24/h1-14,24H,15H2. The van der Waals surface area contributed by atoms with E-state index in [0.717, 1.165) is 0 Å². The van der Waals surface area contributed by atoms with E-state index in [1.165, 1.54) is 44.2 Å². The summed E-state index contributed by atoms with van der Waals surface area (Å²) in [7, 11) is 0. The predicted octanol–water partition coefficient (Wildman–Crippen LogP) is 6.74. The maximum Gasteiger partial charge on any atom is 0.0477 e. The van der Waals surface area contributed by atoms with Crippen LogP contribution in [0.15, 0.2) is 84.9 Å². The Morgan fingerprint density at radius 1 is 0.640 bits per heavy atom. The van der Waals surface area contributed by atoms with Crippen molar-refractivity contribution in [2.75, 3.05) is 0 Å². The highest BCUT2D eigenvalue weighted by atomic mass is 35.5. The molecule has 1 aliphatic rings. The number of rotatable bonds is 2. The number of alkyl halides is 1. The minimum atomic E-state index is 0.243. The molecule has 5 rings (SSSR count). The van der Waals surface area contributed by atoms with Gasteiger partial charge in [-0.05, 0) is 44.2 Å². The number of fused-ring (bicyclic) bond motifs is 4. The molecule has 0 bridgehead atoms. The summed E-state index contributed by atoms with van der Waals surface area (Å²) in [6, 6.07) is 30.5. The van der Waals surface area contributed by atoms with Gasteiger partial charge in [0, 0.05) is 11.8 Å². The fourth-order valence-corrected chi connectivity index (χ4v) is 4.50. The first-order valence-electron chi connectivity index (χ1n) is 8.63. The van der Waals surface area contributed by atoms with Crippen LogP contribution in [0.2, 0.25) is 0 Å². The van der Waals surface area contributed by atoms with E-state index in [1.54, 1.807) is 0 Å². The third-order valence-electron chi connectivity index (χ3n) is 5.33. The van der Waals surface area contributed by atoms with Gasteiger partial charge in [-0.15, -0.1) is 11.6 Å². The Balaban J connectivity index is 1.90. The molecule has 0 spiro atoms. The lowest BCUT2D eigenvalue weighted by Gasteiger charge is -2.20. The van der Waals surface area contributed by atoms with E-state index in [1.807, 2.05) is 0 Å². The number of halogens is 1. The van der Waals surface area contributed by atoms with Gasteiger partial charge in [0.25, 0.3) is 0 Å². The molecular weight excluding hydrogens is 324 g/mol. The van der Waals surface area contributed by atoms with E-state index in [9.17, 15) is 0 Å². The lowest BCUT2D eigenvalue weighted by atomic mass is 9.83. The summed E-state index contributed by atoms with van der Waals surface area (Å²) in [5, 5.41) is 2.57. The molecule has 0 saturated carbocycles. The van der Waals surface area contributed by atoms with Crippen molar-refractivity contribution in [1.29, 1.82) is 0 Å². The van der Waals surface area contributed by atoms with Crippen molar-refractivity contribution in [1.82, 2.24) is 0 Å². The third-order valence-corrected chi connectivity index (χ3v) is 5.62. The van der Waals surface area contributed by atoms with Crippen molar-refractivity contribution in [3.8, 4) is 11.1 Å². The summed E-state index contributed by atoms with van der Waals surface area (Å²) in [5.74, 6) is 0.772. The van der Waals surface area contributed by atoms with Crippen LogP contribution in [0.4, 0.5) is 0 Å². The first-order chi connectivity index (χ1) is 12.4. The van der Waals surface area contributed by atoms with Crippen LogP contribution in [-0.4, -0.2) is 0 Å². The maximum absolute atomic E-state index is 6.37. The first kappa shape index (κ1) is 14.7. The Hall–Kier alpha value is -2.57. The highest BCUT2D eigenvalue weighted by Gasteiger charge is 2.31. The normalized spacial score (nSPS) is 13.0. The van der Waals surface area contributed by atoms with Crippen LogP contribution >= 0.6 is 11.6 Å². The molecule has 0 heterocycles. The average Bonchev–Trinajstić information content (AvgIpc) is 3.01. The van der Waals surface area contributed by atoms with Gasteiger partial charge in [-0.2, -0.15) is 0 Å². The van der Waals surface area contributed by atoms with Gasteiger partial charge in [-0.25, -0.2) is 0 Å². The van der Waals surface area contributed by atoms with E-state index in [-0.39, 0.29) is 5.92 Å². The van der Waals surface area contributed by atoms with Gasteiger partial charge in [-0.1, -0.05) is 84.9 Å². The summed E-state index contributed by atoms with van der Waals surface area (Å²) in [6.45, 7) is 0. The van der Waals surface area contributed by atoms with Gasteiger partial charge in [0.1, 0.15) is 0 Å². The van der Waals surface area contributed by atoms with Gasteiger partial charge < -0.3 is 0 Å². The highest BCUT2D eigenvalue weighted by Crippen LogP contribution is 2.50. The van der Waals surface area contributed by atoms with E-state index in [2.05, 4.69) is 84.9 Å². The van der Waals surface area contributed by atoms with Crippen LogP contribution in [0.3, 0.4) is 0 Å². The zero-order valence-corrected chi connectivity index (χ0v) is 14.5. The van der Waals surface area contributed by atoms with Crippen molar-refractivity contribution in [3.63, 3.8) is 0 Å². The van der Waals surface area contributed by atoms with Gasteiger partial charge in [0.15, 0.2) is 0 Å². The maximum atomic E-state index is 6.37. The van der Waals surface area contributed by atoms with Crippen molar-refractivity contribution in [2.24, 2.45) is 0 Å². The largest absolute Gasteiger partial charge is 0.122 e. The van der Waals surface area contributed by atoms with Crippen molar-refractivity contribution in [2.45, 2.75) is 11.8 Å². The predicted molar refractivity (Wildman–Crippen MR) is 106 cm³/mol. The summed E-state index contributed by atoms with van der Waals surface area (Å²) < 4.78 is 0. The number of benzene rings is 4. The molecule has 1 heteroatoms. The van der Waals surface area contributed by atoms with E-state index in [0.29, 0.717) is 5.88 Å². The molecule has 4 aromatic carbocycles. The fraction of sp³-hybridized carbons (Fsp3) is 0.0833. The molecular formula is C24H17Cl. The zero-order valence-electron chi connectivity index (χ0n) is 13.7. The molecule has 0 nitrogen and oxygen atoms in total. The molecule has 0 aliphatic heterocycles. The van der Waals surface area contributed by atoms with Crippen LogP contribution < -0.4 is 0 Å². The molecule has 1 aliphatic carbocycles. The van der Waals surface area contributed by atoms with Crippen LogP contribution in [0.5, 0.6) is 0 Å². The smallest absolute Gasteiger partial charge is 0.0477 e. The van der Waals surface area contributed by atoms with E-state index in [4.69, 9.17) is 11.6 Å². The van der Waals surface area contributed by atoms with Crippen LogP contribution in [0.25, 0.3) is 21.9 Å². The van der Waals surface area contributed by atoms with Gasteiger partial charge in [0.05, 0.1) is 0 Å². The highest BCUT2D eigenvalue weighted by molar-refractivity contribution is 6.17. The molecule has 0 N–H and O–H groups in total. The molecule has 25 heavy (non-hydrogen) atoms. The van der Waals surface area contributed by atoms with Gasteiger partial charge >= 0.3 is 0 Å². The Morgan fingerprint density at radius 3 is 1.92 bits per heavy atom. The van der Waals surface area contributed by atoms with Crippen LogP contribution in [-0.2, 0) is 5.88 Å². The molecule has 0 fully saturated rings. The Labute approximate surface area is 152 Å². The van der Waals surface area contributed by atoms with E-state index >= 15 is 0 Å². The molecule has 0 saturated heterocycles. The summed E-state index contributed by atoms with van der Waals surface area (Å²) >= 11 is 6.37. The second kappa shape index (κ2) is 5.75. The first-order valence-corrected chi connectivity index (χ1v) is 9.16. The molecule has 120 valence electrons. The molecule has 4 aromatic rings. The van der Waals surface area contributed by atoms with Crippen LogP contribution in [0, 0.1) is 0 Å². The topological polar surface area (TPSA) is 0 Å². The minimum Gasteiger partial charge on any atom is -0.122 e. The fourth-order valence-electron chi connectivity index (χ4n) is 4.26. The molecule has 0 amide bonds. The van der Waals surface area contributed by atoms with Crippen LogP contribution in [0.1, 0.15) is 28.2 Å². The zero-order chi connectivity index (χ0) is 16.8. The summed E-state index contributed by atoms with van der Waals surface area (Å²) in [6.07, 6.45) is 0. The average molecular weight is 341 g/mol. The Bertz CT molecular complexity index is 1050. The third kappa shape index (κ3) is 2.14. The van der Waals surface area contributed by atoms with Crippen molar-refractivity contribution < 1.29 is 0 Å². The number of hydrogen-bond donors (Lipinski definition) is 0. The Morgan fingerprint density at radius 2 is 1.24 bits per heavy atom. The molecule has 0 radical (unpaired) electrons. The molecule has 0 unspecified atom stereocenters. The second-order valence-electron chi connectivity index (χ2n) is 6.60. The van der Waals surface area contributed by atoms with Crippen molar-refractivity contribution >= 4 is 22.4 Å². The molecule has 0 aromatic heterocycles. The monoisotopic (exact) mass is 340 g/mol. The quantitative estimate of drug-likeness (QED) is 0.312. The summed E-state index contributed by atoms with van der Waals surface area (Å²) in [5.41, 5.74) is 8.02. The SMILES string of the molecule is ClCc1ccc2ccccc2c1C1c2ccccc2-c2ccccc21. The second-order valence-corrected chi connectivity index (χ2v) is 6.87. The van der Waals surface area contributed by atoms with Crippen molar-refractivity contribution in [3.05, 3.63) is 107 Å². The van der Waals surface area contributed by atoms with E-state index < -0.39 is 0 Å². The molecule has 0 atom stereocenters. The lowest BCUT2D eigenvalue weighted by Crippen LogP contribution is -2.04. The van der Waals surface area contributed by atoms with Gasteiger partial charge in [-0.3, -0.25) is 0 Å². The summed E-state index contributed by atoms with van der Waals surface area (Å²) in [4.78, 5) is 0. The van der Waals surface area contributed by atoms with Gasteiger partial charge in [0.2, 0.25) is 0 Å². The Kier molecular flexibility index (Phi) is 3.39.